The molecule has 0 aliphatic carbocycles. The van der Waals surface area contributed by atoms with Crippen molar-refractivity contribution in [3.05, 3.63) is 71.4 Å². The van der Waals surface area contributed by atoms with Gasteiger partial charge in [0, 0.05) is 62.6 Å². The van der Waals surface area contributed by atoms with Gasteiger partial charge in [-0.15, -0.1) is 0 Å². The summed E-state index contributed by atoms with van der Waals surface area (Å²) in [5.74, 6) is 0. The number of amides is 2. The predicted molar refractivity (Wildman–Crippen MR) is 145 cm³/mol. The second-order valence-corrected chi connectivity index (χ2v) is 9.39. The lowest BCUT2D eigenvalue weighted by Crippen LogP contribution is -2.51. The maximum absolute atomic E-state index is 12.1. The van der Waals surface area contributed by atoms with Crippen LogP contribution in [-0.4, -0.2) is 58.3 Å². The van der Waals surface area contributed by atoms with E-state index in [2.05, 4.69) is 44.0 Å². The zero-order valence-corrected chi connectivity index (χ0v) is 21.3. The third-order valence-corrected chi connectivity index (χ3v) is 7.16. The topological polar surface area (TPSA) is 73.6 Å². The Morgan fingerprint density at radius 1 is 1.00 bits per heavy atom. The van der Waals surface area contributed by atoms with Crippen LogP contribution >= 0.6 is 11.6 Å². The largest absolute Gasteiger partial charge is 0.392 e. The predicted octanol–water partition coefficient (Wildman–Crippen LogP) is 4.90. The number of aliphatic hydroxyl groups is 1. The van der Waals surface area contributed by atoms with Crippen molar-refractivity contribution in [2.75, 3.05) is 37.6 Å². The Morgan fingerprint density at radius 2 is 1.67 bits per heavy atom. The third-order valence-electron chi connectivity index (χ3n) is 6.85. The van der Waals surface area contributed by atoms with E-state index in [1.54, 1.807) is 6.20 Å². The minimum atomic E-state index is 0.00395. The van der Waals surface area contributed by atoms with Gasteiger partial charge in [0.25, 0.3) is 0 Å². The van der Waals surface area contributed by atoms with Gasteiger partial charge in [0.15, 0.2) is 0 Å². The van der Waals surface area contributed by atoms with Crippen molar-refractivity contribution in [2.24, 2.45) is 7.05 Å². The Kier molecular flexibility index (Phi) is 6.85. The van der Waals surface area contributed by atoms with E-state index >= 15 is 0 Å². The zero-order valence-electron chi connectivity index (χ0n) is 20.5. The van der Waals surface area contributed by atoms with Crippen LogP contribution in [0, 0.1) is 0 Å². The fourth-order valence-corrected chi connectivity index (χ4v) is 5.20. The lowest BCUT2D eigenvalue weighted by atomic mass is 9.97. The van der Waals surface area contributed by atoms with Crippen molar-refractivity contribution in [1.82, 2.24) is 19.8 Å². The summed E-state index contributed by atoms with van der Waals surface area (Å²) in [5, 5.41) is 13.9. The molecule has 0 spiro atoms. The summed E-state index contributed by atoms with van der Waals surface area (Å²) < 4.78 is 2.09. The van der Waals surface area contributed by atoms with Gasteiger partial charge in [0.2, 0.25) is 0 Å². The lowest BCUT2D eigenvalue weighted by molar-refractivity contribution is 0.195. The van der Waals surface area contributed by atoms with E-state index < -0.39 is 0 Å². The quantitative estimate of drug-likeness (QED) is 0.406. The molecule has 7 nitrogen and oxygen atoms in total. The molecule has 2 aromatic heterocycles. The number of halogens is 1. The first-order valence-corrected chi connectivity index (χ1v) is 12.6. The van der Waals surface area contributed by atoms with E-state index in [-0.39, 0.29) is 12.6 Å². The fourth-order valence-electron chi connectivity index (χ4n) is 4.96. The van der Waals surface area contributed by atoms with E-state index in [0.29, 0.717) is 24.7 Å². The lowest BCUT2D eigenvalue weighted by Gasteiger charge is -2.36. The molecule has 186 valence electrons. The molecule has 0 saturated carbocycles. The molecule has 1 aliphatic heterocycles. The SMILES string of the molecule is CCNC(=O)N1CCN(c2ccc(-c3c(-c4ccc(CO)cc4)c4c(Cl)ccnc4n3C)cc2)CC1. The molecule has 1 saturated heterocycles. The maximum Gasteiger partial charge on any atom is 0.317 e. The number of pyridine rings is 1. The Morgan fingerprint density at radius 3 is 2.31 bits per heavy atom. The van der Waals surface area contributed by atoms with E-state index in [1.807, 2.05) is 49.2 Å². The monoisotopic (exact) mass is 503 g/mol. The highest BCUT2D eigenvalue weighted by Crippen LogP contribution is 2.42. The summed E-state index contributed by atoms with van der Waals surface area (Å²) >= 11 is 6.69. The zero-order chi connectivity index (χ0) is 25.2. The van der Waals surface area contributed by atoms with Crippen molar-refractivity contribution in [3.63, 3.8) is 0 Å². The first kappa shape index (κ1) is 24.2. The number of urea groups is 1. The molecular formula is C28H30ClN5O2. The molecule has 2 amide bonds. The normalized spacial score (nSPS) is 13.9. The van der Waals surface area contributed by atoms with Crippen molar-refractivity contribution in [1.29, 1.82) is 0 Å². The number of carbonyl (C=O) groups is 1. The number of piperazine rings is 1. The highest BCUT2D eigenvalue weighted by atomic mass is 35.5. The standard InChI is InChI=1S/C28H30ClN5O2/c1-3-30-28(36)34-16-14-33(15-17-34)22-10-8-21(9-11-22)26-24(20-6-4-19(18-35)5-7-20)25-23(29)12-13-31-27(25)32(26)2/h4-13,35H,3,14-18H2,1-2H3,(H,30,36). The second kappa shape index (κ2) is 10.2. The van der Waals surface area contributed by atoms with Crippen LogP contribution in [0.3, 0.4) is 0 Å². The smallest absolute Gasteiger partial charge is 0.317 e. The molecular weight excluding hydrogens is 474 g/mol. The van der Waals surface area contributed by atoms with Crippen LogP contribution in [0.1, 0.15) is 12.5 Å². The highest BCUT2D eigenvalue weighted by molar-refractivity contribution is 6.37. The number of aryl methyl sites for hydroxylation is 1. The number of nitrogens with one attached hydrogen (secondary N) is 1. The van der Waals surface area contributed by atoms with Crippen molar-refractivity contribution in [2.45, 2.75) is 13.5 Å². The number of fused-ring (bicyclic) bond motifs is 1. The first-order chi connectivity index (χ1) is 17.5. The highest BCUT2D eigenvalue weighted by Gasteiger charge is 2.23. The van der Waals surface area contributed by atoms with E-state index in [0.717, 1.165) is 57.8 Å². The molecule has 36 heavy (non-hydrogen) atoms. The molecule has 0 unspecified atom stereocenters. The summed E-state index contributed by atoms with van der Waals surface area (Å²) in [5.41, 5.74) is 6.97. The Labute approximate surface area is 215 Å². The number of aromatic nitrogens is 2. The van der Waals surface area contributed by atoms with Gasteiger partial charge >= 0.3 is 6.03 Å². The third kappa shape index (κ3) is 4.40. The van der Waals surface area contributed by atoms with E-state index in [9.17, 15) is 9.90 Å². The summed E-state index contributed by atoms with van der Waals surface area (Å²) in [4.78, 5) is 20.9. The van der Waals surface area contributed by atoms with Crippen LogP contribution in [-0.2, 0) is 13.7 Å². The van der Waals surface area contributed by atoms with Gasteiger partial charge in [-0.25, -0.2) is 9.78 Å². The molecule has 2 N–H and O–H groups in total. The average molecular weight is 504 g/mol. The maximum atomic E-state index is 12.1. The molecule has 5 rings (SSSR count). The van der Waals surface area contributed by atoms with E-state index in [4.69, 9.17) is 11.6 Å². The number of carbonyl (C=O) groups excluding carboxylic acids is 1. The Bertz CT molecular complexity index is 1370. The van der Waals surface area contributed by atoms with Gasteiger partial charge in [0.1, 0.15) is 5.65 Å². The minimum absolute atomic E-state index is 0.00395. The molecule has 4 aromatic rings. The number of aliphatic hydroxyl groups excluding tert-OH is 1. The summed E-state index contributed by atoms with van der Waals surface area (Å²) in [6.45, 7) is 5.58. The molecule has 1 aliphatic rings. The minimum Gasteiger partial charge on any atom is -0.392 e. The number of hydrogen-bond donors (Lipinski definition) is 2. The number of anilines is 1. The number of nitrogens with zero attached hydrogens (tertiary/aromatic N) is 4. The molecule has 0 radical (unpaired) electrons. The van der Waals surface area contributed by atoms with Crippen LogP contribution in [0.25, 0.3) is 33.4 Å². The average Bonchev–Trinajstić information content (AvgIpc) is 3.22. The fraction of sp³-hybridized carbons (Fsp3) is 0.286. The first-order valence-electron chi connectivity index (χ1n) is 12.2. The molecule has 2 aromatic carbocycles. The second-order valence-electron chi connectivity index (χ2n) is 8.99. The number of rotatable bonds is 5. The Hall–Kier alpha value is -3.55. The van der Waals surface area contributed by atoms with Crippen molar-refractivity contribution in [3.8, 4) is 22.4 Å². The number of benzene rings is 2. The Balaban J connectivity index is 1.49. The van der Waals surface area contributed by atoms with Gasteiger partial charge in [-0.1, -0.05) is 48.0 Å². The van der Waals surface area contributed by atoms with Crippen molar-refractivity contribution < 1.29 is 9.90 Å². The molecule has 0 bridgehead atoms. The van der Waals surface area contributed by atoms with E-state index in [1.165, 1.54) is 0 Å². The van der Waals surface area contributed by atoms with Crippen molar-refractivity contribution >= 4 is 34.4 Å². The van der Waals surface area contributed by atoms with Gasteiger partial charge in [0.05, 0.1) is 17.3 Å². The van der Waals surface area contributed by atoms with Crippen LogP contribution < -0.4 is 10.2 Å². The molecule has 0 atom stereocenters. The van der Waals surface area contributed by atoms with Crippen LogP contribution in [0.4, 0.5) is 10.5 Å². The van der Waals surface area contributed by atoms with Crippen LogP contribution in [0.15, 0.2) is 60.8 Å². The number of hydrogen-bond acceptors (Lipinski definition) is 4. The van der Waals surface area contributed by atoms with Gasteiger partial charge in [-0.3, -0.25) is 0 Å². The summed E-state index contributed by atoms with van der Waals surface area (Å²) in [7, 11) is 2.01. The van der Waals surface area contributed by atoms with Crippen LogP contribution in [0.5, 0.6) is 0 Å². The van der Waals surface area contributed by atoms with Gasteiger partial charge in [-0.05, 0) is 41.8 Å². The van der Waals surface area contributed by atoms with Crippen LogP contribution in [0.2, 0.25) is 5.02 Å². The summed E-state index contributed by atoms with van der Waals surface area (Å²) in [6, 6.07) is 18.3. The van der Waals surface area contributed by atoms with Gasteiger partial charge in [-0.2, -0.15) is 0 Å². The van der Waals surface area contributed by atoms with Gasteiger partial charge < -0.3 is 24.8 Å². The molecule has 1 fully saturated rings. The summed E-state index contributed by atoms with van der Waals surface area (Å²) in [6.07, 6.45) is 1.73. The molecule has 3 heterocycles. The molecule has 8 heteroatoms.